The van der Waals surface area contributed by atoms with E-state index < -0.39 is 23.4 Å². The van der Waals surface area contributed by atoms with Crippen molar-refractivity contribution in [3.8, 4) is 0 Å². The molecule has 0 spiro atoms. The zero-order valence-electron chi connectivity index (χ0n) is 20.3. The summed E-state index contributed by atoms with van der Waals surface area (Å²) in [5.74, 6) is -0.265. The fourth-order valence-electron chi connectivity index (χ4n) is 2.31. The van der Waals surface area contributed by atoms with Crippen LogP contribution >= 0.6 is 0 Å². The topological polar surface area (TPSA) is 93.2 Å². The maximum absolute atomic E-state index is 11.8. The van der Waals surface area contributed by atoms with E-state index in [9.17, 15) is 19.2 Å². The molecule has 1 heterocycles. The van der Waals surface area contributed by atoms with E-state index in [0.717, 1.165) is 0 Å². The van der Waals surface area contributed by atoms with Crippen LogP contribution in [0.15, 0.2) is 37.5 Å². The third-order valence-electron chi connectivity index (χ3n) is 3.70. The van der Waals surface area contributed by atoms with Crippen molar-refractivity contribution in [1.82, 2.24) is 9.80 Å². The van der Waals surface area contributed by atoms with E-state index in [4.69, 9.17) is 9.47 Å². The summed E-state index contributed by atoms with van der Waals surface area (Å²) in [4.78, 5) is 48.7. The van der Waals surface area contributed by atoms with E-state index in [1.807, 2.05) is 20.8 Å². The van der Waals surface area contributed by atoms with Crippen LogP contribution in [0.4, 0.5) is 9.59 Å². The minimum atomic E-state index is -0.569. The second kappa shape index (κ2) is 13.5. The van der Waals surface area contributed by atoms with Crippen LogP contribution in [0.2, 0.25) is 0 Å². The maximum atomic E-state index is 11.8. The lowest BCUT2D eigenvalue weighted by Gasteiger charge is -2.26. The molecule has 1 aliphatic rings. The summed E-state index contributed by atoms with van der Waals surface area (Å²) in [7, 11) is 0. The lowest BCUT2D eigenvalue weighted by molar-refractivity contribution is -0.116. The third kappa shape index (κ3) is 14.2. The number of amides is 2. The number of carbonyl (C=O) groups excluding carboxylic acids is 4. The Bertz CT molecular complexity index is 713. The lowest BCUT2D eigenvalue weighted by atomic mass is 10.2. The molecule has 0 atom stereocenters. The van der Waals surface area contributed by atoms with E-state index in [-0.39, 0.29) is 24.7 Å². The Morgan fingerprint density at radius 1 is 1.09 bits per heavy atom. The van der Waals surface area contributed by atoms with Gasteiger partial charge in [0, 0.05) is 13.1 Å². The zero-order valence-corrected chi connectivity index (χ0v) is 20.3. The number of carbonyl (C=O) groups is 4. The fraction of sp³-hybridized carbons (Fsp3) is 0.583. The van der Waals surface area contributed by atoms with Gasteiger partial charge < -0.3 is 19.3 Å². The highest BCUT2D eigenvalue weighted by molar-refractivity contribution is 5.93. The monoisotopic (exact) mass is 450 g/mol. The first-order chi connectivity index (χ1) is 14.7. The summed E-state index contributed by atoms with van der Waals surface area (Å²) in [6, 6.07) is 0. The standard InChI is InChI=1S/C13H21NO3.C11H17NO3/c1-6-8-9-14(10-11(15)7-2)12(16)17-13(3,4)5;1-11(2,3)15-10(14)12-7-5-4-6-9(13)8-12/h6-7H,1-2,8-10H2,3-5H3;4,6H,5,7-8H2,1-3H3. The van der Waals surface area contributed by atoms with Crippen LogP contribution in [0, 0.1) is 0 Å². The molecule has 0 aromatic rings. The number of nitrogens with zero attached hydrogens (tertiary/aromatic N) is 2. The van der Waals surface area contributed by atoms with Gasteiger partial charge in [-0.05, 0) is 66.5 Å². The third-order valence-corrected chi connectivity index (χ3v) is 3.70. The van der Waals surface area contributed by atoms with Crippen LogP contribution < -0.4 is 0 Å². The van der Waals surface area contributed by atoms with Gasteiger partial charge in [0.2, 0.25) is 0 Å². The van der Waals surface area contributed by atoms with E-state index in [2.05, 4.69) is 13.2 Å². The average Bonchev–Trinajstić information content (AvgIpc) is 2.87. The van der Waals surface area contributed by atoms with Gasteiger partial charge in [0.05, 0.1) is 13.1 Å². The summed E-state index contributed by atoms with van der Waals surface area (Å²) in [5.41, 5.74) is -1.08. The normalized spacial score (nSPS) is 13.8. The number of hydrogen-bond acceptors (Lipinski definition) is 6. The van der Waals surface area contributed by atoms with Crippen LogP contribution in [0.1, 0.15) is 54.4 Å². The first-order valence-corrected chi connectivity index (χ1v) is 10.6. The van der Waals surface area contributed by atoms with Gasteiger partial charge >= 0.3 is 12.2 Å². The van der Waals surface area contributed by atoms with Gasteiger partial charge in [-0.3, -0.25) is 9.59 Å². The second-order valence-corrected chi connectivity index (χ2v) is 9.21. The van der Waals surface area contributed by atoms with E-state index in [1.165, 1.54) is 22.0 Å². The van der Waals surface area contributed by atoms with Gasteiger partial charge in [0.1, 0.15) is 11.2 Å². The summed E-state index contributed by atoms with van der Waals surface area (Å²) in [6.45, 7) is 18.8. The first kappa shape index (κ1) is 29.1. The van der Waals surface area contributed by atoms with Crippen LogP contribution in [0.3, 0.4) is 0 Å². The molecule has 0 N–H and O–H groups in total. The van der Waals surface area contributed by atoms with Crippen molar-refractivity contribution in [3.63, 3.8) is 0 Å². The summed E-state index contributed by atoms with van der Waals surface area (Å²) in [5, 5.41) is 0. The number of hydrogen-bond donors (Lipinski definition) is 0. The Hall–Kier alpha value is -2.90. The zero-order chi connectivity index (χ0) is 24.9. The highest BCUT2D eigenvalue weighted by Gasteiger charge is 2.24. The molecule has 0 saturated carbocycles. The summed E-state index contributed by atoms with van der Waals surface area (Å²) >= 11 is 0. The van der Waals surface area contributed by atoms with Crippen molar-refractivity contribution >= 4 is 23.8 Å². The molecule has 180 valence electrons. The van der Waals surface area contributed by atoms with E-state index in [0.29, 0.717) is 25.9 Å². The van der Waals surface area contributed by atoms with Crippen molar-refractivity contribution in [2.45, 2.75) is 65.6 Å². The summed E-state index contributed by atoms with van der Waals surface area (Å²) in [6.07, 6.45) is 6.60. The highest BCUT2D eigenvalue weighted by atomic mass is 16.6. The molecule has 0 saturated heterocycles. The number of rotatable bonds is 6. The Balaban J connectivity index is 0.000000604. The molecule has 1 aliphatic heterocycles. The molecular formula is C24H38N2O6. The SMILES string of the molecule is C=CCCN(CC(=O)C=C)C(=O)OC(C)(C)C.CC(C)(C)OC(=O)N1CCC=CC(=O)C1. The van der Waals surface area contributed by atoms with Crippen molar-refractivity contribution < 1.29 is 28.7 Å². The van der Waals surface area contributed by atoms with Crippen LogP contribution in [-0.2, 0) is 19.1 Å². The molecule has 2 amide bonds. The van der Waals surface area contributed by atoms with Crippen molar-refractivity contribution in [2.75, 3.05) is 26.2 Å². The largest absolute Gasteiger partial charge is 0.444 e. The molecule has 0 unspecified atom stereocenters. The number of ether oxygens (including phenoxy) is 2. The summed E-state index contributed by atoms with van der Waals surface area (Å²) < 4.78 is 10.4. The molecular weight excluding hydrogens is 412 g/mol. The molecule has 32 heavy (non-hydrogen) atoms. The van der Waals surface area contributed by atoms with Gasteiger partial charge in [-0.1, -0.05) is 18.7 Å². The maximum Gasteiger partial charge on any atom is 0.410 e. The number of ketones is 2. The van der Waals surface area contributed by atoms with Gasteiger partial charge in [-0.25, -0.2) is 9.59 Å². The average molecular weight is 451 g/mol. The van der Waals surface area contributed by atoms with Gasteiger partial charge in [0.15, 0.2) is 11.6 Å². The lowest BCUT2D eigenvalue weighted by Crippen LogP contribution is -2.40. The minimum Gasteiger partial charge on any atom is -0.444 e. The molecule has 0 aliphatic carbocycles. The molecule has 1 rings (SSSR count). The van der Waals surface area contributed by atoms with Gasteiger partial charge in [0.25, 0.3) is 0 Å². The van der Waals surface area contributed by atoms with Crippen LogP contribution in [-0.4, -0.2) is 70.9 Å². The predicted octanol–water partition coefficient (Wildman–Crippen LogP) is 4.31. The minimum absolute atomic E-state index is 0.00769. The van der Waals surface area contributed by atoms with Crippen molar-refractivity contribution in [1.29, 1.82) is 0 Å². The fourth-order valence-corrected chi connectivity index (χ4v) is 2.31. The Morgan fingerprint density at radius 2 is 1.69 bits per heavy atom. The van der Waals surface area contributed by atoms with Crippen molar-refractivity contribution in [3.05, 3.63) is 37.5 Å². The Kier molecular flexibility index (Phi) is 12.3. The molecule has 8 nitrogen and oxygen atoms in total. The van der Waals surface area contributed by atoms with E-state index >= 15 is 0 Å². The second-order valence-electron chi connectivity index (χ2n) is 9.21. The molecule has 0 aromatic heterocycles. The Labute approximate surface area is 191 Å². The Morgan fingerprint density at radius 3 is 2.19 bits per heavy atom. The van der Waals surface area contributed by atoms with Gasteiger partial charge in [-0.2, -0.15) is 0 Å². The quantitative estimate of drug-likeness (QED) is 0.442. The van der Waals surface area contributed by atoms with Crippen LogP contribution in [0.5, 0.6) is 0 Å². The van der Waals surface area contributed by atoms with Crippen LogP contribution in [0.25, 0.3) is 0 Å². The molecule has 8 heteroatoms. The smallest absolute Gasteiger partial charge is 0.410 e. The highest BCUT2D eigenvalue weighted by Crippen LogP contribution is 2.12. The van der Waals surface area contributed by atoms with Crippen molar-refractivity contribution in [2.24, 2.45) is 0 Å². The van der Waals surface area contributed by atoms with E-state index in [1.54, 1.807) is 32.9 Å². The molecule has 0 bridgehead atoms. The van der Waals surface area contributed by atoms with Gasteiger partial charge in [-0.15, -0.1) is 6.58 Å². The molecule has 0 radical (unpaired) electrons. The molecule has 0 fully saturated rings. The predicted molar refractivity (Wildman–Crippen MR) is 124 cm³/mol. The first-order valence-electron chi connectivity index (χ1n) is 10.6. The molecule has 0 aromatic carbocycles.